The van der Waals surface area contributed by atoms with Gasteiger partial charge in [-0.15, -0.1) is 0 Å². The average molecular weight is 211 g/mol. The second kappa shape index (κ2) is 3.56. The van der Waals surface area contributed by atoms with Crippen LogP contribution in [-0.4, -0.2) is 11.7 Å². The zero-order chi connectivity index (χ0) is 10.2. The quantitative estimate of drug-likeness (QED) is 0.814. The van der Waals surface area contributed by atoms with Gasteiger partial charge in [0.2, 0.25) is 0 Å². The van der Waals surface area contributed by atoms with Gasteiger partial charge < -0.3 is 5.11 Å². The summed E-state index contributed by atoms with van der Waals surface area (Å²) < 4.78 is 0. The summed E-state index contributed by atoms with van der Waals surface area (Å²) in [6, 6.07) is 6.15. The molecule has 0 radical (unpaired) electrons. The van der Waals surface area contributed by atoms with Crippen molar-refractivity contribution < 1.29 is 5.11 Å². The van der Waals surface area contributed by atoms with Crippen LogP contribution in [-0.2, 0) is 6.42 Å². The molecule has 1 aliphatic carbocycles. The van der Waals surface area contributed by atoms with Gasteiger partial charge in [0.15, 0.2) is 0 Å². The monoisotopic (exact) mass is 210 g/mol. The number of hydrogen-bond acceptors (Lipinski definition) is 1. The fourth-order valence-electron chi connectivity index (χ4n) is 1.77. The summed E-state index contributed by atoms with van der Waals surface area (Å²) in [5.74, 6) is 0. The van der Waals surface area contributed by atoms with E-state index in [2.05, 4.69) is 12.1 Å². The number of halogens is 1. The molecule has 0 saturated heterocycles. The van der Waals surface area contributed by atoms with Crippen molar-refractivity contribution in [3.8, 4) is 0 Å². The smallest absolute Gasteiger partial charge is 0.0490 e. The Hall–Kier alpha value is -0.530. The molecule has 2 rings (SSSR count). The highest BCUT2D eigenvalue weighted by Gasteiger charge is 2.42. The van der Waals surface area contributed by atoms with Crippen molar-refractivity contribution in [3.05, 3.63) is 34.3 Å². The molecule has 76 valence electrons. The van der Waals surface area contributed by atoms with Crippen molar-refractivity contribution in [2.75, 3.05) is 6.61 Å². The number of aliphatic hydroxyl groups excluding tert-OH is 1. The molecular weight excluding hydrogens is 196 g/mol. The third-order valence-electron chi connectivity index (χ3n) is 3.07. The van der Waals surface area contributed by atoms with E-state index in [4.69, 9.17) is 11.6 Å². The first-order valence-corrected chi connectivity index (χ1v) is 5.39. The Morgan fingerprint density at radius 2 is 2.14 bits per heavy atom. The van der Waals surface area contributed by atoms with Gasteiger partial charge in [-0.1, -0.05) is 23.7 Å². The van der Waals surface area contributed by atoms with Crippen LogP contribution in [0.2, 0.25) is 5.02 Å². The Balaban J connectivity index is 2.17. The minimum Gasteiger partial charge on any atom is -0.396 e. The standard InChI is InChI=1S/C12H15ClO/c1-9-2-3-10(11(13)6-9)7-12(8-14)4-5-12/h2-3,6,14H,4-5,7-8H2,1H3. The SMILES string of the molecule is Cc1ccc(CC2(CO)CC2)c(Cl)c1. The molecule has 0 spiro atoms. The molecule has 1 aromatic rings. The molecule has 1 aliphatic rings. The van der Waals surface area contributed by atoms with Crippen molar-refractivity contribution >= 4 is 11.6 Å². The predicted octanol–water partition coefficient (Wildman–Crippen LogP) is 2.96. The molecule has 0 unspecified atom stereocenters. The summed E-state index contributed by atoms with van der Waals surface area (Å²) in [5, 5.41) is 10.1. The van der Waals surface area contributed by atoms with Crippen LogP contribution in [0.5, 0.6) is 0 Å². The molecule has 1 saturated carbocycles. The first-order valence-electron chi connectivity index (χ1n) is 5.01. The van der Waals surface area contributed by atoms with Crippen LogP contribution < -0.4 is 0 Å². The van der Waals surface area contributed by atoms with Crippen molar-refractivity contribution in [1.82, 2.24) is 0 Å². The van der Waals surface area contributed by atoms with Crippen LogP contribution in [0.25, 0.3) is 0 Å². The van der Waals surface area contributed by atoms with Crippen LogP contribution in [0.4, 0.5) is 0 Å². The molecule has 14 heavy (non-hydrogen) atoms. The van der Waals surface area contributed by atoms with E-state index in [-0.39, 0.29) is 12.0 Å². The van der Waals surface area contributed by atoms with Crippen molar-refractivity contribution in [2.24, 2.45) is 5.41 Å². The molecule has 2 heteroatoms. The highest BCUT2D eigenvalue weighted by atomic mass is 35.5. The van der Waals surface area contributed by atoms with Gasteiger partial charge >= 0.3 is 0 Å². The van der Waals surface area contributed by atoms with Crippen molar-refractivity contribution in [3.63, 3.8) is 0 Å². The Morgan fingerprint density at radius 3 is 2.64 bits per heavy atom. The Labute approximate surface area is 89.7 Å². The molecule has 1 aromatic carbocycles. The second-order valence-corrected chi connectivity index (χ2v) is 4.84. The van der Waals surface area contributed by atoms with Gasteiger partial charge in [-0.2, -0.15) is 0 Å². The molecule has 0 atom stereocenters. The molecule has 0 heterocycles. The lowest BCUT2D eigenvalue weighted by Crippen LogP contribution is -2.10. The maximum atomic E-state index is 9.22. The van der Waals surface area contributed by atoms with Crippen LogP contribution in [0.3, 0.4) is 0 Å². The van der Waals surface area contributed by atoms with E-state index < -0.39 is 0 Å². The molecule has 0 aliphatic heterocycles. The van der Waals surface area contributed by atoms with Crippen molar-refractivity contribution in [2.45, 2.75) is 26.2 Å². The number of hydrogen-bond donors (Lipinski definition) is 1. The lowest BCUT2D eigenvalue weighted by atomic mass is 9.97. The minimum atomic E-state index is 0.152. The highest BCUT2D eigenvalue weighted by Crippen LogP contribution is 2.48. The van der Waals surface area contributed by atoms with Gasteiger partial charge in [0.25, 0.3) is 0 Å². The van der Waals surface area contributed by atoms with E-state index in [1.165, 1.54) is 11.1 Å². The third-order valence-corrected chi connectivity index (χ3v) is 3.42. The Bertz CT molecular complexity index is 342. The van der Waals surface area contributed by atoms with Gasteiger partial charge in [0.05, 0.1) is 0 Å². The highest BCUT2D eigenvalue weighted by molar-refractivity contribution is 6.31. The van der Waals surface area contributed by atoms with Gasteiger partial charge in [0, 0.05) is 11.6 Å². The number of aryl methyl sites for hydroxylation is 1. The van der Waals surface area contributed by atoms with Gasteiger partial charge in [0.1, 0.15) is 0 Å². The lowest BCUT2D eigenvalue weighted by molar-refractivity contribution is 0.211. The zero-order valence-corrected chi connectivity index (χ0v) is 9.14. The first kappa shape index (κ1) is 10.0. The molecule has 0 bridgehead atoms. The summed E-state index contributed by atoms with van der Waals surface area (Å²) in [5.41, 5.74) is 2.51. The molecule has 0 amide bonds. The van der Waals surface area contributed by atoms with Gasteiger partial charge in [-0.05, 0) is 48.8 Å². The van der Waals surface area contributed by atoms with Crippen LogP contribution in [0.15, 0.2) is 18.2 Å². The van der Waals surface area contributed by atoms with E-state index in [0.29, 0.717) is 0 Å². The van der Waals surface area contributed by atoms with E-state index in [1.54, 1.807) is 0 Å². The maximum absolute atomic E-state index is 9.22. The molecular formula is C12H15ClO. The summed E-state index contributed by atoms with van der Waals surface area (Å²) in [7, 11) is 0. The average Bonchev–Trinajstić information content (AvgIpc) is 2.91. The Kier molecular flexibility index (Phi) is 2.54. The normalized spacial score (nSPS) is 18.2. The number of aliphatic hydroxyl groups is 1. The zero-order valence-electron chi connectivity index (χ0n) is 8.39. The van der Waals surface area contributed by atoms with E-state index in [1.807, 2.05) is 13.0 Å². The van der Waals surface area contributed by atoms with Gasteiger partial charge in [-0.25, -0.2) is 0 Å². The lowest BCUT2D eigenvalue weighted by Gasteiger charge is -2.12. The fourth-order valence-corrected chi connectivity index (χ4v) is 2.07. The summed E-state index contributed by atoms with van der Waals surface area (Å²) >= 11 is 6.14. The number of rotatable bonds is 3. The van der Waals surface area contributed by atoms with Crippen molar-refractivity contribution in [1.29, 1.82) is 0 Å². The Morgan fingerprint density at radius 1 is 1.43 bits per heavy atom. The summed E-state index contributed by atoms with van der Waals surface area (Å²) in [6.07, 6.45) is 3.18. The summed E-state index contributed by atoms with van der Waals surface area (Å²) in [6.45, 7) is 2.33. The van der Waals surface area contributed by atoms with E-state index in [9.17, 15) is 5.11 Å². The minimum absolute atomic E-state index is 0.152. The van der Waals surface area contributed by atoms with Crippen LogP contribution in [0, 0.1) is 12.3 Å². The van der Waals surface area contributed by atoms with Crippen LogP contribution >= 0.6 is 11.6 Å². The summed E-state index contributed by atoms with van der Waals surface area (Å²) in [4.78, 5) is 0. The topological polar surface area (TPSA) is 20.2 Å². The predicted molar refractivity (Wildman–Crippen MR) is 58.6 cm³/mol. The molecule has 1 N–H and O–H groups in total. The molecule has 1 nitrogen and oxygen atoms in total. The van der Waals surface area contributed by atoms with Crippen LogP contribution in [0.1, 0.15) is 24.0 Å². The van der Waals surface area contributed by atoms with E-state index in [0.717, 1.165) is 24.3 Å². The maximum Gasteiger partial charge on any atom is 0.0490 e. The molecule has 0 aromatic heterocycles. The third kappa shape index (κ3) is 1.94. The second-order valence-electron chi connectivity index (χ2n) is 4.43. The largest absolute Gasteiger partial charge is 0.396 e. The number of benzene rings is 1. The van der Waals surface area contributed by atoms with Gasteiger partial charge in [-0.3, -0.25) is 0 Å². The van der Waals surface area contributed by atoms with E-state index >= 15 is 0 Å². The first-order chi connectivity index (χ1) is 6.65. The molecule has 1 fully saturated rings. The fraction of sp³-hybridized carbons (Fsp3) is 0.500.